The van der Waals surface area contributed by atoms with Gasteiger partial charge in [0.05, 0.1) is 25.8 Å². The molecule has 0 bridgehead atoms. The molecule has 1 amide bonds. The van der Waals surface area contributed by atoms with Crippen LogP contribution in [0.1, 0.15) is 11.1 Å². The fraction of sp³-hybridized carbons (Fsp3) is 0.368. The number of ether oxygens (including phenoxy) is 1. The molecule has 0 atom stereocenters. The largest absolute Gasteiger partial charge is 0.497 e. The molecule has 0 spiro atoms. The van der Waals surface area contributed by atoms with Gasteiger partial charge >= 0.3 is 0 Å². The van der Waals surface area contributed by atoms with Crippen LogP contribution < -0.4 is 4.74 Å². The number of carbonyl (C=O) groups is 1. The smallest absolute Gasteiger partial charge is 0.227 e. The van der Waals surface area contributed by atoms with Crippen molar-refractivity contribution < 1.29 is 17.9 Å². The molecule has 1 aromatic carbocycles. The molecule has 2 heterocycles. The number of rotatable bonds is 7. The van der Waals surface area contributed by atoms with Gasteiger partial charge < -0.3 is 9.64 Å². The van der Waals surface area contributed by atoms with Gasteiger partial charge in [-0.25, -0.2) is 8.42 Å². The Labute approximate surface area is 159 Å². The number of nitrogens with zero attached hydrogens (tertiary/aromatic N) is 3. The van der Waals surface area contributed by atoms with E-state index in [2.05, 4.69) is 4.98 Å². The molecule has 3 rings (SSSR count). The number of hydrogen-bond acceptors (Lipinski definition) is 5. The van der Waals surface area contributed by atoms with E-state index < -0.39 is 10.0 Å². The maximum atomic E-state index is 12.5. The van der Waals surface area contributed by atoms with Crippen molar-refractivity contribution >= 4 is 15.9 Å². The van der Waals surface area contributed by atoms with E-state index >= 15 is 0 Å². The molecule has 1 saturated heterocycles. The van der Waals surface area contributed by atoms with Crippen LogP contribution in [0.2, 0.25) is 0 Å². The summed E-state index contributed by atoms with van der Waals surface area (Å²) in [4.78, 5) is 18.2. The Morgan fingerprint density at radius 2 is 2.00 bits per heavy atom. The molecular formula is C19H23N3O4S. The normalized spacial score (nSPS) is 14.9. The van der Waals surface area contributed by atoms with Crippen LogP contribution in [0.25, 0.3) is 0 Å². The Morgan fingerprint density at radius 1 is 1.26 bits per heavy atom. The molecule has 1 aliphatic rings. The van der Waals surface area contributed by atoms with Gasteiger partial charge in [-0.2, -0.15) is 4.31 Å². The third-order valence-electron chi connectivity index (χ3n) is 4.60. The highest BCUT2D eigenvalue weighted by molar-refractivity contribution is 7.88. The zero-order chi connectivity index (χ0) is 19.4. The van der Waals surface area contributed by atoms with Gasteiger partial charge in [0.15, 0.2) is 0 Å². The van der Waals surface area contributed by atoms with Crippen molar-refractivity contribution in [1.29, 1.82) is 0 Å². The summed E-state index contributed by atoms with van der Waals surface area (Å²) < 4.78 is 31.0. The second kappa shape index (κ2) is 8.06. The molecule has 0 aliphatic carbocycles. The predicted molar refractivity (Wildman–Crippen MR) is 102 cm³/mol. The van der Waals surface area contributed by atoms with Gasteiger partial charge in [-0.3, -0.25) is 9.78 Å². The Morgan fingerprint density at radius 3 is 2.63 bits per heavy atom. The topological polar surface area (TPSA) is 79.8 Å². The molecular weight excluding hydrogens is 366 g/mol. The monoisotopic (exact) mass is 389 g/mol. The fourth-order valence-corrected chi connectivity index (χ4v) is 4.16. The van der Waals surface area contributed by atoms with Gasteiger partial charge in [0.1, 0.15) is 5.75 Å². The fourth-order valence-electron chi connectivity index (χ4n) is 3.10. The van der Waals surface area contributed by atoms with Crippen LogP contribution in [0.5, 0.6) is 5.75 Å². The first-order chi connectivity index (χ1) is 12.9. The van der Waals surface area contributed by atoms with Crippen LogP contribution in [0.3, 0.4) is 0 Å². The van der Waals surface area contributed by atoms with E-state index in [1.807, 2.05) is 30.3 Å². The average molecular weight is 389 g/mol. The summed E-state index contributed by atoms with van der Waals surface area (Å²) in [6.07, 6.45) is 4.77. The van der Waals surface area contributed by atoms with Gasteiger partial charge in [-0.1, -0.05) is 18.2 Å². The molecule has 27 heavy (non-hydrogen) atoms. The number of likely N-dealkylation sites (tertiary alicyclic amines) is 1. The van der Waals surface area contributed by atoms with Crippen molar-refractivity contribution in [2.45, 2.75) is 19.0 Å². The van der Waals surface area contributed by atoms with E-state index in [9.17, 15) is 13.2 Å². The number of hydrogen-bond donors (Lipinski definition) is 0. The Bertz CT molecular complexity index is 896. The van der Waals surface area contributed by atoms with Crippen LogP contribution in [0.15, 0.2) is 48.8 Å². The summed E-state index contributed by atoms with van der Waals surface area (Å²) in [5, 5.41) is 0. The summed E-state index contributed by atoms with van der Waals surface area (Å²) in [5.41, 5.74) is 1.70. The molecule has 8 heteroatoms. The van der Waals surface area contributed by atoms with E-state index in [4.69, 9.17) is 4.74 Å². The maximum absolute atomic E-state index is 12.5. The van der Waals surface area contributed by atoms with Gasteiger partial charge in [0.2, 0.25) is 15.9 Å². The molecule has 0 N–H and O–H groups in total. The minimum atomic E-state index is -3.39. The molecule has 144 valence electrons. The molecule has 7 nitrogen and oxygen atoms in total. The number of aromatic nitrogens is 1. The van der Waals surface area contributed by atoms with E-state index in [1.165, 1.54) is 10.6 Å². The Hall–Kier alpha value is -2.45. The highest BCUT2D eigenvalue weighted by Gasteiger charge is 2.38. The number of carbonyl (C=O) groups excluding carboxylic acids is 1. The highest BCUT2D eigenvalue weighted by atomic mass is 32.2. The lowest BCUT2D eigenvalue weighted by atomic mass is 10.1. The predicted octanol–water partition coefficient (Wildman–Crippen LogP) is 1.31. The number of pyridine rings is 1. The average Bonchev–Trinajstić information content (AvgIpc) is 2.60. The number of sulfonamides is 1. The second-order valence-electron chi connectivity index (χ2n) is 6.65. The van der Waals surface area contributed by atoms with Gasteiger partial charge in [0, 0.05) is 32.0 Å². The van der Waals surface area contributed by atoms with Gasteiger partial charge in [-0.15, -0.1) is 0 Å². The van der Waals surface area contributed by atoms with Crippen LogP contribution in [-0.2, 0) is 27.8 Å². The molecule has 0 saturated carbocycles. The minimum absolute atomic E-state index is 0.0191. The third-order valence-corrected chi connectivity index (χ3v) is 5.88. The summed E-state index contributed by atoms with van der Waals surface area (Å²) in [7, 11) is -1.80. The lowest BCUT2D eigenvalue weighted by molar-refractivity contribution is -0.136. The molecule has 1 fully saturated rings. The summed E-state index contributed by atoms with van der Waals surface area (Å²) in [6.45, 7) is 1.06. The maximum Gasteiger partial charge on any atom is 0.227 e. The third kappa shape index (κ3) is 4.84. The summed E-state index contributed by atoms with van der Waals surface area (Å²) in [5.74, 6) is 0.691. The summed E-state index contributed by atoms with van der Waals surface area (Å²) in [6, 6.07) is 10.8. The SMILES string of the molecule is COc1cccc(CC(=O)N2CC(N(Cc3cccnc3)S(C)(=O)=O)C2)c1. The molecule has 0 radical (unpaired) electrons. The van der Waals surface area contributed by atoms with Gasteiger partial charge in [-0.05, 0) is 29.3 Å². The first-order valence-electron chi connectivity index (χ1n) is 8.63. The zero-order valence-corrected chi connectivity index (χ0v) is 16.2. The Balaban J connectivity index is 1.61. The van der Waals surface area contributed by atoms with E-state index in [1.54, 1.807) is 30.5 Å². The van der Waals surface area contributed by atoms with Crippen molar-refractivity contribution in [3.8, 4) is 5.75 Å². The molecule has 1 aliphatic heterocycles. The van der Waals surface area contributed by atoms with E-state index in [-0.39, 0.29) is 24.9 Å². The molecule has 2 aromatic rings. The van der Waals surface area contributed by atoms with Crippen molar-refractivity contribution in [3.63, 3.8) is 0 Å². The van der Waals surface area contributed by atoms with Crippen molar-refractivity contribution in [2.75, 3.05) is 26.5 Å². The number of methoxy groups -OCH3 is 1. The Kier molecular flexibility index (Phi) is 5.76. The van der Waals surface area contributed by atoms with Gasteiger partial charge in [0.25, 0.3) is 0 Å². The quantitative estimate of drug-likeness (QED) is 0.713. The number of benzene rings is 1. The number of amides is 1. The minimum Gasteiger partial charge on any atom is -0.497 e. The van der Waals surface area contributed by atoms with Crippen molar-refractivity contribution in [1.82, 2.24) is 14.2 Å². The first kappa shape index (κ1) is 19.3. The zero-order valence-electron chi connectivity index (χ0n) is 15.4. The molecule has 0 unspecified atom stereocenters. The van der Waals surface area contributed by atoms with Crippen LogP contribution in [0.4, 0.5) is 0 Å². The van der Waals surface area contributed by atoms with E-state index in [0.717, 1.165) is 11.1 Å². The lowest BCUT2D eigenvalue weighted by Gasteiger charge is -2.44. The van der Waals surface area contributed by atoms with Crippen molar-refractivity contribution in [3.05, 3.63) is 59.9 Å². The standard InChI is InChI=1S/C19H23N3O4S/c1-26-18-7-3-5-15(9-18)10-19(23)21-13-17(14-21)22(27(2,24)25)12-16-6-4-8-20-11-16/h3-9,11,17H,10,12-14H2,1-2H3. The second-order valence-corrected chi connectivity index (χ2v) is 8.59. The molecule has 1 aromatic heterocycles. The van der Waals surface area contributed by atoms with Crippen LogP contribution >= 0.6 is 0 Å². The summed E-state index contributed by atoms with van der Waals surface area (Å²) >= 11 is 0. The first-order valence-corrected chi connectivity index (χ1v) is 10.5. The highest BCUT2D eigenvalue weighted by Crippen LogP contribution is 2.22. The van der Waals surface area contributed by atoms with Crippen LogP contribution in [-0.4, -0.2) is 61.0 Å². The lowest BCUT2D eigenvalue weighted by Crippen LogP contribution is -2.62. The van der Waals surface area contributed by atoms with Crippen LogP contribution in [0, 0.1) is 0 Å². The van der Waals surface area contributed by atoms with Crippen molar-refractivity contribution in [2.24, 2.45) is 0 Å². The van der Waals surface area contributed by atoms with E-state index in [0.29, 0.717) is 18.8 Å².